The van der Waals surface area contributed by atoms with Gasteiger partial charge >= 0.3 is 0 Å². The van der Waals surface area contributed by atoms with Crippen LogP contribution < -0.4 is 5.32 Å². The van der Waals surface area contributed by atoms with Crippen LogP contribution in [0.1, 0.15) is 17.0 Å². The lowest BCUT2D eigenvalue weighted by Crippen LogP contribution is -2.16. The molecule has 4 heteroatoms. The van der Waals surface area contributed by atoms with Crippen LogP contribution in [0.15, 0.2) is 84.9 Å². The van der Waals surface area contributed by atoms with Crippen LogP contribution in [0.4, 0.5) is 5.69 Å². The fraction of sp³-hybridized carbons (Fsp3) is 0.120. The van der Waals surface area contributed by atoms with Gasteiger partial charge in [0.15, 0.2) is 0 Å². The minimum absolute atomic E-state index is 0.0489. The summed E-state index contributed by atoms with van der Waals surface area (Å²) < 4.78 is 1.90. The molecule has 0 aliphatic heterocycles. The van der Waals surface area contributed by atoms with Crippen LogP contribution in [0, 0.1) is 13.8 Å². The van der Waals surface area contributed by atoms with Gasteiger partial charge in [0, 0.05) is 22.5 Å². The molecule has 0 atom stereocenters. The predicted octanol–water partition coefficient (Wildman–Crippen LogP) is 5.34. The molecule has 0 saturated carbocycles. The molecule has 0 aliphatic rings. The number of para-hydroxylation sites is 2. The van der Waals surface area contributed by atoms with Gasteiger partial charge in [0.05, 0.1) is 17.8 Å². The van der Waals surface area contributed by atoms with E-state index in [1.54, 1.807) is 0 Å². The van der Waals surface area contributed by atoms with Gasteiger partial charge in [-0.3, -0.25) is 4.79 Å². The molecule has 4 aromatic rings. The first-order valence-electron chi connectivity index (χ1n) is 9.68. The zero-order valence-corrected chi connectivity index (χ0v) is 16.6. The highest BCUT2D eigenvalue weighted by molar-refractivity contribution is 5.96. The van der Waals surface area contributed by atoms with Gasteiger partial charge < -0.3 is 5.32 Å². The van der Waals surface area contributed by atoms with E-state index in [1.807, 2.05) is 103 Å². The summed E-state index contributed by atoms with van der Waals surface area (Å²) in [5.74, 6) is -0.0489. The summed E-state index contributed by atoms with van der Waals surface area (Å²) in [5, 5.41) is 7.73. The Labute approximate surface area is 170 Å². The number of carbonyl (C=O) groups is 1. The van der Waals surface area contributed by atoms with E-state index in [4.69, 9.17) is 0 Å². The smallest absolute Gasteiger partial charge is 0.228 e. The number of carbonyl (C=O) groups excluding carboxylic acids is 1. The van der Waals surface area contributed by atoms with Crippen LogP contribution in [0.5, 0.6) is 0 Å². The van der Waals surface area contributed by atoms with Gasteiger partial charge in [0.2, 0.25) is 5.91 Å². The van der Waals surface area contributed by atoms with Crippen molar-refractivity contribution in [3.8, 4) is 16.8 Å². The van der Waals surface area contributed by atoms with Gasteiger partial charge in [0.25, 0.3) is 0 Å². The third-order valence-electron chi connectivity index (χ3n) is 5.07. The standard InChI is InChI=1S/C25H23N3O/c1-18-23(19(2)28(27-18)21-13-7-4-8-14-21)17-25(29)26-24-16-10-9-15-22(24)20-11-5-3-6-12-20/h3-16H,17H2,1-2H3,(H,26,29). The molecule has 4 nitrogen and oxygen atoms in total. The van der Waals surface area contributed by atoms with E-state index in [2.05, 4.69) is 10.4 Å². The molecule has 1 heterocycles. The van der Waals surface area contributed by atoms with Crippen LogP contribution in [0.3, 0.4) is 0 Å². The largest absolute Gasteiger partial charge is 0.325 e. The monoisotopic (exact) mass is 381 g/mol. The fourth-order valence-electron chi connectivity index (χ4n) is 3.57. The summed E-state index contributed by atoms with van der Waals surface area (Å²) in [5.41, 5.74) is 6.72. The molecule has 0 radical (unpaired) electrons. The van der Waals surface area contributed by atoms with Crippen LogP contribution in [-0.2, 0) is 11.2 Å². The summed E-state index contributed by atoms with van der Waals surface area (Å²) >= 11 is 0. The van der Waals surface area contributed by atoms with Gasteiger partial charge in [-0.25, -0.2) is 4.68 Å². The molecule has 0 bridgehead atoms. The van der Waals surface area contributed by atoms with Crippen LogP contribution >= 0.6 is 0 Å². The molecule has 29 heavy (non-hydrogen) atoms. The van der Waals surface area contributed by atoms with Crippen molar-refractivity contribution < 1.29 is 4.79 Å². The summed E-state index contributed by atoms with van der Waals surface area (Å²) in [4.78, 5) is 12.9. The minimum atomic E-state index is -0.0489. The average Bonchev–Trinajstić information content (AvgIpc) is 3.03. The maximum atomic E-state index is 12.9. The maximum absolute atomic E-state index is 12.9. The highest BCUT2D eigenvalue weighted by Gasteiger charge is 2.17. The Hall–Kier alpha value is -3.66. The van der Waals surface area contributed by atoms with Gasteiger partial charge in [-0.1, -0.05) is 66.7 Å². The Kier molecular flexibility index (Phi) is 5.25. The van der Waals surface area contributed by atoms with Gasteiger partial charge in [-0.05, 0) is 37.6 Å². The summed E-state index contributed by atoms with van der Waals surface area (Å²) in [7, 11) is 0. The molecule has 144 valence electrons. The summed E-state index contributed by atoms with van der Waals surface area (Å²) in [6, 6.07) is 27.9. The van der Waals surface area contributed by atoms with Crippen molar-refractivity contribution in [1.29, 1.82) is 0 Å². The second-order valence-corrected chi connectivity index (χ2v) is 7.03. The SMILES string of the molecule is Cc1nn(-c2ccccc2)c(C)c1CC(=O)Nc1ccccc1-c1ccccc1. The molecule has 3 aromatic carbocycles. The molecule has 0 fully saturated rings. The highest BCUT2D eigenvalue weighted by Crippen LogP contribution is 2.28. The van der Waals surface area contributed by atoms with E-state index in [9.17, 15) is 4.79 Å². The van der Waals surface area contributed by atoms with Crippen molar-refractivity contribution in [2.75, 3.05) is 5.32 Å². The van der Waals surface area contributed by atoms with E-state index >= 15 is 0 Å². The number of hydrogen-bond donors (Lipinski definition) is 1. The lowest BCUT2D eigenvalue weighted by molar-refractivity contribution is -0.115. The van der Waals surface area contributed by atoms with Crippen molar-refractivity contribution in [2.24, 2.45) is 0 Å². The predicted molar refractivity (Wildman–Crippen MR) is 117 cm³/mol. The van der Waals surface area contributed by atoms with Crippen molar-refractivity contribution in [3.63, 3.8) is 0 Å². The van der Waals surface area contributed by atoms with E-state index in [0.717, 1.165) is 39.5 Å². The second-order valence-electron chi connectivity index (χ2n) is 7.03. The maximum Gasteiger partial charge on any atom is 0.228 e. The number of nitrogens with one attached hydrogen (secondary N) is 1. The topological polar surface area (TPSA) is 46.9 Å². The van der Waals surface area contributed by atoms with Gasteiger partial charge in [-0.15, -0.1) is 0 Å². The molecule has 1 N–H and O–H groups in total. The lowest BCUT2D eigenvalue weighted by Gasteiger charge is -2.11. The molecular formula is C25H23N3O. The Bertz CT molecular complexity index is 1130. The van der Waals surface area contributed by atoms with E-state index in [-0.39, 0.29) is 12.3 Å². The average molecular weight is 381 g/mol. The van der Waals surface area contributed by atoms with Crippen LogP contribution in [0.2, 0.25) is 0 Å². The van der Waals surface area contributed by atoms with E-state index in [0.29, 0.717) is 0 Å². The molecule has 0 saturated heterocycles. The van der Waals surface area contributed by atoms with Crippen molar-refractivity contribution in [2.45, 2.75) is 20.3 Å². The lowest BCUT2D eigenvalue weighted by atomic mass is 10.0. The Balaban J connectivity index is 1.57. The third-order valence-corrected chi connectivity index (χ3v) is 5.07. The number of anilines is 1. The molecule has 0 unspecified atom stereocenters. The Morgan fingerprint density at radius 3 is 2.21 bits per heavy atom. The van der Waals surface area contributed by atoms with E-state index < -0.39 is 0 Å². The quantitative estimate of drug-likeness (QED) is 0.507. The first-order chi connectivity index (χ1) is 14.1. The van der Waals surface area contributed by atoms with Gasteiger partial charge in [-0.2, -0.15) is 5.10 Å². The molecule has 1 amide bonds. The van der Waals surface area contributed by atoms with E-state index in [1.165, 1.54) is 0 Å². The molecule has 4 rings (SSSR count). The first kappa shape index (κ1) is 18.7. The fourth-order valence-corrected chi connectivity index (χ4v) is 3.57. The number of nitrogens with zero attached hydrogens (tertiary/aromatic N) is 2. The molecular weight excluding hydrogens is 358 g/mol. The van der Waals surface area contributed by atoms with Gasteiger partial charge in [0.1, 0.15) is 0 Å². The van der Waals surface area contributed by atoms with Crippen molar-refractivity contribution in [3.05, 3.63) is 102 Å². The van der Waals surface area contributed by atoms with Crippen LogP contribution in [-0.4, -0.2) is 15.7 Å². The van der Waals surface area contributed by atoms with Crippen molar-refractivity contribution in [1.82, 2.24) is 9.78 Å². The van der Waals surface area contributed by atoms with Crippen LogP contribution in [0.25, 0.3) is 16.8 Å². The number of amides is 1. The summed E-state index contributed by atoms with van der Waals surface area (Å²) in [6.45, 7) is 3.96. The molecule has 0 aliphatic carbocycles. The number of aromatic nitrogens is 2. The number of aryl methyl sites for hydroxylation is 1. The number of hydrogen-bond acceptors (Lipinski definition) is 2. The zero-order valence-electron chi connectivity index (χ0n) is 16.6. The first-order valence-corrected chi connectivity index (χ1v) is 9.68. The Morgan fingerprint density at radius 1 is 0.862 bits per heavy atom. The third kappa shape index (κ3) is 3.97. The highest BCUT2D eigenvalue weighted by atomic mass is 16.1. The Morgan fingerprint density at radius 2 is 1.48 bits per heavy atom. The minimum Gasteiger partial charge on any atom is -0.325 e. The number of rotatable bonds is 5. The van der Waals surface area contributed by atoms with Crippen molar-refractivity contribution >= 4 is 11.6 Å². The second kappa shape index (κ2) is 8.15. The normalized spacial score (nSPS) is 10.7. The zero-order chi connectivity index (χ0) is 20.2. The molecule has 1 aromatic heterocycles. The summed E-state index contributed by atoms with van der Waals surface area (Å²) in [6.07, 6.45) is 0.285. The number of benzene rings is 3. The molecule has 0 spiro atoms.